The van der Waals surface area contributed by atoms with Gasteiger partial charge in [0.05, 0.1) is 0 Å². The van der Waals surface area contributed by atoms with Gasteiger partial charge >= 0.3 is 0 Å². The molecule has 100 valence electrons. The molecule has 0 spiro atoms. The molecule has 0 aliphatic carbocycles. The molecule has 0 saturated carbocycles. The van der Waals surface area contributed by atoms with Gasteiger partial charge in [0.25, 0.3) is 0 Å². The zero-order chi connectivity index (χ0) is 12.6. The maximum Gasteiger partial charge on any atom is 0.0160 e. The maximum absolute atomic E-state index is 3.89. The minimum atomic E-state index is 0.568. The van der Waals surface area contributed by atoms with Crippen LogP contribution < -0.4 is 5.32 Å². The molecule has 1 aliphatic rings. The Morgan fingerprint density at radius 2 is 1.94 bits per heavy atom. The van der Waals surface area contributed by atoms with E-state index in [1.165, 1.54) is 58.3 Å². The van der Waals surface area contributed by atoms with E-state index in [2.05, 4.69) is 36.7 Å². The van der Waals surface area contributed by atoms with Gasteiger partial charge in [-0.15, -0.1) is 6.58 Å². The summed E-state index contributed by atoms with van der Waals surface area (Å²) in [6, 6.07) is 0. The lowest BCUT2D eigenvalue weighted by molar-refractivity contribution is 0.108. The van der Waals surface area contributed by atoms with Gasteiger partial charge in [0.1, 0.15) is 0 Å². The number of hydrogen-bond donors (Lipinski definition) is 1. The highest BCUT2D eigenvalue weighted by Crippen LogP contribution is 2.34. The third kappa shape index (κ3) is 4.81. The second kappa shape index (κ2) is 7.88. The van der Waals surface area contributed by atoms with Crippen molar-refractivity contribution in [3.63, 3.8) is 0 Å². The van der Waals surface area contributed by atoms with Crippen molar-refractivity contribution in [1.82, 2.24) is 10.2 Å². The van der Waals surface area contributed by atoms with E-state index in [9.17, 15) is 0 Å². The SMILES string of the molecule is C=CCN(CCC)CC1(CCC)CCNCC1. The number of piperidine rings is 1. The molecular weight excluding hydrogens is 208 g/mol. The fraction of sp³-hybridized carbons (Fsp3) is 0.867. The maximum atomic E-state index is 3.89. The smallest absolute Gasteiger partial charge is 0.0160 e. The van der Waals surface area contributed by atoms with E-state index in [0.717, 1.165) is 6.54 Å². The minimum absolute atomic E-state index is 0.568. The van der Waals surface area contributed by atoms with Crippen molar-refractivity contribution in [2.24, 2.45) is 5.41 Å². The Morgan fingerprint density at radius 3 is 2.47 bits per heavy atom. The van der Waals surface area contributed by atoms with Crippen LogP contribution >= 0.6 is 0 Å². The quantitative estimate of drug-likeness (QED) is 0.654. The van der Waals surface area contributed by atoms with E-state index in [-0.39, 0.29) is 0 Å². The highest BCUT2D eigenvalue weighted by atomic mass is 15.1. The summed E-state index contributed by atoms with van der Waals surface area (Å²) < 4.78 is 0. The van der Waals surface area contributed by atoms with E-state index < -0.39 is 0 Å². The second-order valence-corrected chi connectivity index (χ2v) is 5.52. The average Bonchev–Trinajstić information content (AvgIpc) is 2.31. The largest absolute Gasteiger partial charge is 0.317 e. The van der Waals surface area contributed by atoms with Crippen LogP contribution in [0.1, 0.15) is 46.0 Å². The molecule has 17 heavy (non-hydrogen) atoms. The van der Waals surface area contributed by atoms with Crippen molar-refractivity contribution in [2.75, 3.05) is 32.7 Å². The van der Waals surface area contributed by atoms with Gasteiger partial charge in [0, 0.05) is 13.1 Å². The Morgan fingerprint density at radius 1 is 1.24 bits per heavy atom. The predicted octanol–water partition coefficient (Wildman–Crippen LogP) is 3.05. The average molecular weight is 238 g/mol. The molecule has 1 fully saturated rings. The normalized spacial score (nSPS) is 19.5. The third-order valence-corrected chi connectivity index (χ3v) is 3.93. The highest BCUT2D eigenvalue weighted by molar-refractivity contribution is 4.88. The summed E-state index contributed by atoms with van der Waals surface area (Å²) in [5.41, 5.74) is 0.568. The van der Waals surface area contributed by atoms with Gasteiger partial charge in [-0.3, -0.25) is 4.90 Å². The molecule has 1 aliphatic heterocycles. The lowest BCUT2D eigenvalue weighted by Gasteiger charge is -2.41. The zero-order valence-corrected chi connectivity index (χ0v) is 11.8. The van der Waals surface area contributed by atoms with Crippen LogP contribution in [0.15, 0.2) is 12.7 Å². The van der Waals surface area contributed by atoms with Gasteiger partial charge < -0.3 is 5.32 Å². The molecule has 0 bridgehead atoms. The van der Waals surface area contributed by atoms with Gasteiger partial charge in [0.2, 0.25) is 0 Å². The summed E-state index contributed by atoms with van der Waals surface area (Å²) in [5.74, 6) is 0. The fourth-order valence-electron chi connectivity index (χ4n) is 3.18. The molecule has 2 nitrogen and oxygen atoms in total. The molecule has 1 heterocycles. The van der Waals surface area contributed by atoms with Crippen LogP contribution in [0.4, 0.5) is 0 Å². The molecule has 0 unspecified atom stereocenters. The number of rotatable bonds is 8. The van der Waals surface area contributed by atoms with Crippen LogP contribution in [-0.2, 0) is 0 Å². The van der Waals surface area contributed by atoms with E-state index in [0.29, 0.717) is 5.41 Å². The molecule has 0 aromatic heterocycles. The van der Waals surface area contributed by atoms with Crippen molar-refractivity contribution in [3.05, 3.63) is 12.7 Å². The van der Waals surface area contributed by atoms with Crippen LogP contribution in [0.3, 0.4) is 0 Å². The first-order valence-corrected chi connectivity index (χ1v) is 7.30. The summed E-state index contributed by atoms with van der Waals surface area (Å²) in [7, 11) is 0. The Labute approximate surface area is 107 Å². The van der Waals surface area contributed by atoms with Gasteiger partial charge in [-0.05, 0) is 50.7 Å². The molecular formula is C15H30N2. The van der Waals surface area contributed by atoms with Gasteiger partial charge in [0.15, 0.2) is 0 Å². The van der Waals surface area contributed by atoms with Crippen LogP contribution in [0.5, 0.6) is 0 Å². The standard InChI is InChI=1S/C15H30N2/c1-4-7-15(8-10-16-11-9-15)14-17(12-5-2)13-6-3/h5,16H,2,4,6-14H2,1,3H3. The second-order valence-electron chi connectivity index (χ2n) is 5.52. The molecule has 0 radical (unpaired) electrons. The Hall–Kier alpha value is -0.340. The van der Waals surface area contributed by atoms with E-state index in [1.54, 1.807) is 0 Å². The lowest BCUT2D eigenvalue weighted by Crippen LogP contribution is -2.45. The van der Waals surface area contributed by atoms with Crippen LogP contribution in [0.2, 0.25) is 0 Å². The third-order valence-electron chi connectivity index (χ3n) is 3.93. The van der Waals surface area contributed by atoms with E-state index >= 15 is 0 Å². The topological polar surface area (TPSA) is 15.3 Å². The summed E-state index contributed by atoms with van der Waals surface area (Å²) >= 11 is 0. The van der Waals surface area contributed by atoms with Crippen molar-refractivity contribution < 1.29 is 0 Å². The first-order chi connectivity index (χ1) is 8.26. The van der Waals surface area contributed by atoms with Crippen molar-refractivity contribution in [2.45, 2.75) is 46.0 Å². The molecule has 0 amide bonds. The van der Waals surface area contributed by atoms with Crippen LogP contribution in [0, 0.1) is 5.41 Å². The minimum Gasteiger partial charge on any atom is -0.317 e. The molecule has 1 saturated heterocycles. The van der Waals surface area contributed by atoms with E-state index in [1.807, 2.05) is 0 Å². The first kappa shape index (κ1) is 14.7. The highest BCUT2D eigenvalue weighted by Gasteiger charge is 2.32. The monoisotopic (exact) mass is 238 g/mol. The Bertz CT molecular complexity index is 201. The summed E-state index contributed by atoms with van der Waals surface area (Å²) in [6.07, 6.45) is 8.68. The van der Waals surface area contributed by atoms with E-state index in [4.69, 9.17) is 0 Å². The predicted molar refractivity (Wildman–Crippen MR) is 76.4 cm³/mol. The zero-order valence-electron chi connectivity index (χ0n) is 11.8. The first-order valence-electron chi connectivity index (χ1n) is 7.30. The molecule has 2 heteroatoms. The van der Waals surface area contributed by atoms with Crippen molar-refractivity contribution >= 4 is 0 Å². The molecule has 1 rings (SSSR count). The van der Waals surface area contributed by atoms with Crippen LogP contribution in [0.25, 0.3) is 0 Å². The Balaban J connectivity index is 2.58. The van der Waals surface area contributed by atoms with Gasteiger partial charge in [-0.2, -0.15) is 0 Å². The van der Waals surface area contributed by atoms with Crippen molar-refractivity contribution in [3.8, 4) is 0 Å². The van der Waals surface area contributed by atoms with Gasteiger partial charge in [-0.25, -0.2) is 0 Å². The van der Waals surface area contributed by atoms with Gasteiger partial charge in [-0.1, -0.05) is 26.3 Å². The number of nitrogens with zero attached hydrogens (tertiary/aromatic N) is 1. The fourth-order valence-corrected chi connectivity index (χ4v) is 3.18. The Kier molecular flexibility index (Phi) is 6.83. The van der Waals surface area contributed by atoms with Crippen LogP contribution in [-0.4, -0.2) is 37.6 Å². The number of hydrogen-bond acceptors (Lipinski definition) is 2. The molecule has 0 atom stereocenters. The van der Waals surface area contributed by atoms with Crippen molar-refractivity contribution in [1.29, 1.82) is 0 Å². The molecule has 0 aromatic rings. The summed E-state index contributed by atoms with van der Waals surface area (Å²) in [5, 5.41) is 3.50. The lowest BCUT2D eigenvalue weighted by atomic mass is 9.75. The molecule has 1 N–H and O–H groups in total. The summed E-state index contributed by atoms with van der Waals surface area (Å²) in [6.45, 7) is 14.4. The summed E-state index contributed by atoms with van der Waals surface area (Å²) in [4.78, 5) is 2.59. The molecule has 0 aromatic carbocycles. The number of nitrogens with one attached hydrogen (secondary N) is 1.